The Morgan fingerprint density at radius 2 is 1.56 bits per heavy atom. The van der Waals surface area contributed by atoms with Gasteiger partial charge in [0.15, 0.2) is 8.32 Å². The zero-order valence-electron chi connectivity index (χ0n) is 13.0. The second kappa shape index (κ2) is 6.48. The van der Waals surface area contributed by atoms with Gasteiger partial charge in [-0.1, -0.05) is 20.8 Å². The summed E-state index contributed by atoms with van der Waals surface area (Å²) in [5, 5.41) is 2.34. The Morgan fingerprint density at radius 1 is 1.00 bits per heavy atom. The van der Waals surface area contributed by atoms with E-state index in [2.05, 4.69) is 50.9 Å². The molecule has 0 atom stereocenters. The minimum atomic E-state index is -1.61. The lowest BCUT2D eigenvalue weighted by atomic mass is 10.2. The van der Waals surface area contributed by atoms with Gasteiger partial charge in [-0.3, -0.25) is 4.84 Å². The molecule has 1 aliphatic heterocycles. The predicted octanol–water partition coefficient (Wildman–Crippen LogP) is 2.19. The lowest BCUT2D eigenvalue weighted by Gasteiger charge is -2.36. The van der Waals surface area contributed by atoms with Crippen LogP contribution in [-0.4, -0.2) is 64.7 Å². The largest absolute Gasteiger partial charge is 0.414 e. The summed E-state index contributed by atoms with van der Waals surface area (Å²) in [5.41, 5.74) is 0. The number of piperazine rings is 1. The van der Waals surface area contributed by atoms with Crippen molar-refractivity contribution < 1.29 is 9.26 Å². The third-order valence-electron chi connectivity index (χ3n) is 4.09. The fraction of sp³-hybridized carbons (Fsp3) is 1.00. The summed E-state index contributed by atoms with van der Waals surface area (Å²) in [7, 11) is 0.541. The fourth-order valence-electron chi connectivity index (χ4n) is 1.60. The van der Waals surface area contributed by atoms with E-state index < -0.39 is 8.32 Å². The molecule has 0 saturated carbocycles. The first kappa shape index (κ1) is 16.1. The first-order valence-corrected chi connectivity index (χ1v) is 9.83. The van der Waals surface area contributed by atoms with Crippen molar-refractivity contribution in [3.63, 3.8) is 0 Å². The number of rotatable bonds is 5. The van der Waals surface area contributed by atoms with E-state index in [0.29, 0.717) is 13.2 Å². The topological polar surface area (TPSA) is 24.9 Å². The molecule has 0 radical (unpaired) electrons. The van der Waals surface area contributed by atoms with Gasteiger partial charge in [-0.15, -0.1) is 0 Å². The number of hydroxylamine groups is 2. The molecule has 1 heterocycles. The molecular weight excluding hydrogens is 244 g/mol. The average molecular weight is 274 g/mol. The van der Waals surface area contributed by atoms with Crippen LogP contribution in [0.15, 0.2) is 0 Å². The van der Waals surface area contributed by atoms with Gasteiger partial charge >= 0.3 is 0 Å². The van der Waals surface area contributed by atoms with E-state index in [9.17, 15) is 0 Å². The zero-order valence-corrected chi connectivity index (χ0v) is 14.0. The minimum absolute atomic E-state index is 0.279. The minimum Gasteiger partial charge on any atom is -0.414 e. The number of hydrogen-bond donors (Lipinski definition) is 0. The summed E-state index contributed by atoms with van der Waals surface area (Å²) in [6.07, 6.45) is 0. The highest BCUT2D eigenvalue weighted by atomic mass is 28.4. The Morgan fingerprint density at radius 3 is 2.06 bits per heavy atom. The average Bonchev–Trinajstić information content (AvgIpc) is 2.25. The number of nitrogens with zero attached hydrogens (tertiary/aromatic N) is 2. The van der Waals surface area contributed by atoms with Crippen molar-refractivity contribution in [3.05, 3.63) is 0 Å². The third-order valence-corrected chi connectivity index (χ3v) is 8.63. The Kier molecular flexibility index (Phi) is 5.80. The van der Waals surface area contributed by atoms with Crippen LogP contribution in [0.25, 0.3) is 0 Å². The first-order valence-electron chi connectivity index (χ1n) is 6.93. The molecule has 1 aliphatic rings. The van der Waals surface area contributed by atoms with Crippen LogP contribution in [0, 0.1) is 0 Å². The molecule has 0 unspecified atom stereocenters. The quantitative estimate of drug-likeness (QED) is 0.567. The SMILES string of the molecule is CN1CCN(OCCO[Si](C)(C)C(C)(C)C)CC1. The van der Waals surface area contributed by atoms with Crippen molar-refractivity contribution in [1.82, 2.24) is 9.96 Å². The van der Waals surface area contributed by atoms with Crippen LogP contribution in [0.2, 0.25) is 18.1 Å². The lowest BCUT2D eigenvalue weighted by molar-refractivity contribution is -0.179. The maximum absolute atomic E-state index is 6.08. The van der Waals surface area contributed by atoms with Gasteiger partial charge in [-0.25, -0.2) is 0 Å². The van der Waals surface area contributed by atoms with Gasteiger partial charge < -0.3 is 9.33 Å². The van der Waals surface area contributed by atoms with Crippen molar-refractivity contribution in [1.29, 1.82) is 0 Å². The van der Waals surface area contributed by atoms with E-state index in [1.165, 1.54) is 0 Å². The number of likely N-dealkylation sites (N-methyl/N-ethyl adjacent to an activating group) is 1. The van der Waals surface area contributed by atoms with Crippen molar-refractivity contribution >= 4 is 8.32 Å². The summed E-state index contributed by atoms with van der Waals surface area (Å²) in [6.45, 7) is 16.9. The molecule has 4 nitrogen and oxygen atoms in total. The Labute approximate surface area is 113 Å². The summed E-state index contributed by atoms with van der Waals surface area (Å²) in [5.74, 6) is 0. The number of hydrogen-bond acceptors (Lipinski definition) is 4. The molecule has 1 fully saturated rings. The summed E-state index contributed by atoms with van der Waals surface area (Å²) < 4.78 is 6.08. The highest BCUT2D eigenvalue weighted by Gasteiger charge is 2.36. The fourth-order valence-corrected chi connectivity index (χ4v) is 2.62. The van der Waals surface area contributed by atoms with Gasteiger partial charge in [0.05, 0.1) is 13.2 Å². The normalized spacial score (nSPS) is 20.3. The van der Waals surface area contributed by atoms with E-state index in [1.807, 2.05) is 0 Å². The van der Waals surface area contributed by atoms with Crippen LogP contribution in [0.4, 0.5) is 0 Å². The van der Waals surface area contributed by atoms with Crippen molar-refractivity contribution in [2.45, 2.75) is 38.9 Å². The maximum Gasteiger partial charge on any atom is 0.192 e. The highest BCUT2D eigenvalue weighted by molar-refractivity contribution is 6.74. The third kappa shape index (κ3) is 4.97. The second-order valence-electron chi connectivity index (χ2n) is 6.67. The van der Waals surface area contributed by atoms with Crippen LogP contribution in [0.5, 0.6) is 0 Å². The molecule has 0 spiro atoms. The Balaban J connectivity index is 2.15. The van der Waals surface area contributed by atoms with Crippen LogP contribution in [-0.2, 0) is 9.26 Å². The highest BCUT2D eigenvalue weighted by Crippen LogP contribution is 2.36. The van der Waals surface area contributed by atoms with E-state index >= 15 is 0 Å². The summed E-state index contributed by atoms with van der Waals surface area (Å²) in [4.78, 5) is 8.07. The van der Waals surface area contributed by atoms with Gasteiger partial charge in [0, 0.05) is 26.2 Å². The van der Waals surface area contributed by atoms with Crippen LogP contribution in [0.1, 0.15) is 20.8 Å². The van der Waals surface area contributed by atoms with E-state index in [4.69, 9.17) is 9.26 Å². The molecule has 0 aliphatic carbocycles. The molecule has 0 aromatic carbocycles. The molecule has 18 heavy (non-hydrogen) atoms. The molecule has 0 N–H and O–H groups in total. The van der Waals surface area contributed by atoms with Crippen LogP contribution in [0.3, 0.4) is 0 Å². The molecule has 0 aromatic heterocycles. The van der Waals surface area contributed by atoms with Crippen molar-refractivity contribution in [2.75, 3.05) is 46.4 Å². The second-order valence-corrected chi connectivity index (χ2v) is 11.5. The van der Waals surface area contributed by atoms with Gasteiger partial charge in [-0.05, 0) is 25.2 Å². The lowest BCUT2D eigenvalue weighted by Crippen LogP contribution is -2.45. The Hall–Kier alpha value is 0.0569. The monoisotopic (exact) mass is 274 g/mol. The predicted molar refractivity (Wildman–Crippen MR) is 78.2 cm³/mol. The standard InChI is InChI=1S/C13H30N2O2Si/c1-13(2,3)18(5,6)17-12-11-16-15-9-7-14(4)8-10-15/h7-12H2,1-6H3. The van der Waals surface area contributed by atoms with Crippen LogP contribution < -0.4 is 0 Å². The zero-order chi connectivity index (χ0) is 13.8. The summed E-state index contributed by atoms with van der Waals surface area (Å²) in [6, 6.07) is 0. The van der Waals surface area contributed by atoms with Gasteiger partial charge in [-0.2, -0.15) is 5.06 Å². The molecular formula is C13H30N2O2Si. The van der Waals surface area contributed by atoms with Crippen molar-refractivity contribution in [2.24, 2.45) is 0 Å². The van der Waals surface area contributed by atoms with E-state index in [-0.39, 0.29) is 5.04 Å². The maximum atomic E-state index is 6.08. The van der Waals surface area contributed by atoms with Crippen molar-refractivity contribution in [3.8, 4) is 0 Å². The van der Waals surface area contributed by atoms with Gasteiger partial charge in [0.2, 0.25) is 0 Å². The van der Waals surface area contributed by atoms with Crippen LogP contribution >= 0.6 is 0 Å². The van der Waals surface area contributed by atoms with E-state index in [0.717, 1.165) is 26.2 Å². The molecule has 1 rings (SSSR count). The molecule has 0 amide bonds. The molecule has 108 valence electrons. The van der Waals surface area contributed by atoms with E-state index in [1.54, 1.807) is 0 Å². The van der Waals surface area contributed by atoms with Gasteiger partial charge in [0.25, 0.3) is 0 Å². The first-order chi connectivity index (χ1) is 8.22. The molecule has 0 bridgehead atoms. The smallest absolute Gasteiger partial charge is 0.192 e. The molecule has 1 saturated heterocycles. The van der Waals surface area contributed by atoms with Gasteiger partial charge in [0.1, 0.15) is 0 Å². The molecule has 5 heteroatoms. The molecule has 0 aromatic rings. The Bertz CT molecular complexity index is 246. The summed E-state index contributed by atoms with van der Waals surface area (Å²) >= 11 is 0.